The van der Waals surface area contributed by atoms with Gasteiger partial charge in [-0.15, -0.1) is 0 Å². The highest BCUT2D eigenvalue weighted by molar-refractivity contribution is 5.93. The predicted molar refractivity (Wildman–Crippen MR) is 115 cm³/mol. The van der Waals surface area contributed by atoms with Gasteiger partial charge in [0, 0.05) is 43.5 Å². The van der Waals surface area contributed by atoms with Gasteiger partial charge >= 0.3 is 0 Å². The average Bonchev–Trinajstić information content (AvgIpc) is 3.33. The molecule has 3 heterocycles. The van der Waals surface area contributed by atoms with Crippen molar-refractivity contribution in [1.82, 2.24) is 25.4 Å². The normalized spacial score (nSPS) is 14.3. The highest BCUT2D eigenvalue weighted by Gasteiger charge is 2.28. The fourth-order valence-corrected chi connectivity index (χ4v) is 3.69. The van der Waals surface area contributed by atoms with E-state index in [-0.39, 0.29) is 17.7 Å². The summed E-state index contributed by atoms with van der Waals surface area (Å²) in [5.74, 6) is 0.634. The fourth-order valence-electron chi connectivity index (χ4n) is 3.69. The second-order valence-electron chi connectivity index (χ2n) is 7.54. The molecule has 2 N–H and O–H groups in total. The van der Waals surface area contributed by atoms with E-state index in [1.165, 1.54) is 0 Å². The lowest BCUT2D eigenvalue weighted by Gasteiger charge is -2.31. The Hall–Kier alpha value is -3.68. The number of methoxy groups -OCH3 is 1. The summed E-state index contributed by atoms with van der Waals surface area (Å²) in [5.41, 5.74) is 3.00. The Labute approximate surface area is 180 Å². The summed E-state index contributed by atoms with van der Waals surface area (Å²) in [7, 11) is 1.62. The zero-order chi connectivity index (χ0) is 21.6. The quantitative estimate of drug-likeness (QED) is 0.640. The largest absolute Gasteiger partial charge is 0.497 e. The minimum absolute atomic E-state index is 0.0309. The number of benzene rings is 1. The molecule has 3 aromatic rings. The monoisotopic (exact) mass is 419 g/mol. The number of aromatic amines is 1. The smallest absolute Gasteiger partial charge is 0.271 e. The standard InChI is InChI=1S/C23H25N5O3/c1-31-19-6-4-16(5-7-19)14-25-22(29)17-8-11-28(12-9-17)23(30)21-13-20(26-27-21)18-3-2-10-24-15-18/h2-7,10,13,15,17H,8-9,11-12,14H2,1H3,(H,25,29)(H,26,27). The van der Waals surface area contributed by atoms with Crippen molar-refractivity contribution >= 4 is 11.8 Å². The van der Waals surface area contributed by atoms with Gasteiger partial charge in [0.25, 0.3) is 5.91 Å². The molecule has 1 aliphatic heterocycles. The third-order valence-corrected chi connectivity index (χ3v) is 5.54. The van der Waals surface area contributed by atoms with Crippen molar-refractivity contribution in [2.24, 2.45) is 5.92 Å². The number of pyridine rings is 1. The second kappa shape index (κ2) is 9.42. The summed E-state index contributed by atoms with van der Waals surface area (Å²) < 4.78 is 5.15. The number of rotatable bonds is 6. The number of ether oxygens (including phenoxy) is 1. The van der Waals surface area contributed by atoms with E-state index in [9.17, 15) is 9.59 Å². The molecule has 1 fully saturated rings. The molecule has 0 bridgehead atoms. The van der Waals surface area contributed by atoms with Crippen molar-refractivity contribution in [3.8, 4) is 17.0 Å². The number of piperidine rings is 1. The molecule has 0 saturated carbocycles. The number of hydrogen-bond acceptors (Lipinski definition) is 5. The van der Waals surface area contributed by atoms with Crippen LogP contribution in [0.3, 0.4) is 0 Å². The van der Waals surface area contributed by atoms with Crippen molar-refractivity contribution in [3.63, 3.8) is 0 Å². The Morgan fingerprint density at radius 3 is 2.65 bits per heavy atom. The van der Waals surface area contributed by atoms with E-state index in [4.69, 9.17) is 4.74 Å². The van der Waals surface area contributed by atoms with Crippen LogP contribution in [0.25, 0.3) is 11.3 Å². The molecule has 2 aromatic heterocycles. The van der Waals surface area contributed by atoms with Gasteiger partial charge in [-0.1, -0.05) is 12.1 Å². The first-order chi connectivity index (χ1) is 15.1. The average molecular weight is 419 g/mol. The van der Waals surface area contributed by atoms with Gasteiger partial charge in [-0.25, -0.2) is 0 Å². The van der Waals surface area contributed by atoms with Gasteiger partial charge in [0.1, 0.15) is 11.4 Å². The second-order valence-corrected chi connectivity index (χ2v) is 7.54. The summed E-state index contributed by atoms with van der Waals surface area (Å²) in [5, 5.41) is 10.0. The van der Waals surface area contributed by atoms with Crippen LogP contribution < -0.4 is 10.1 Å². The first-order valence-corrected chi connectivity index (χ1v) is 10.3. The van der Waals surface area contributed by atoms with Gasteiger partial charge in [-0.05, 0) is 48.7 Å². The van der Waals surface area contributed by atoms with Crippen LogP contribution in [0.5, 0.6) is 5.75 Å². The lowest BCUT2D eigenvalue weighted by Crippen LogP contribution is -2.43. The highest BCUT2D eigenvalue weighted by Crippen LogP contribution is 2.21. The molecule has 4 rings (SSSR count). The van der Waals surface area contributed by atoms with Gasteiger partial charge < -0.3 is 15.0 Å². The number of hydrogen-bond donors (Lipinski definition) is 2. The van der Waals surface area contributed by atoms with Crippen LogP contribution in [-0.4, -0.2) is 52.1 Å². The summed E-state index contributed by atoms with van der Waals surface area (Å²) >= 11 is 0. The predicted octanol–water partition coefficient (Wildman–Crippen LogP) is 2.65. The van der Waals surface area contributed by atoms with E-state index in [1.807, 2.05) is 36.4 Å². The third kappa shape index (κ3) is 4.91. The summed E-state index contributed by atoms with van der Waals surface area (Å²) in [6, 6.07) is 13.1. The molecule has 0 aliphatic carbocycles. The fraction of sp³-hybridized carbons (Fsp3) is 0.304. The molecule has 31 heavy (non-hydrogen) atoms. The maximum Gasteiger partial charge on any atom is 0.271 e. The topological polar surface area (TPSA) is 100 Å². The molecule has 1 saturated heterocycles. The number of amides is 2. The number of nitrogens with one attached hydrogen (secondary N) is 2. The Morgan fingerprint density at radius 1 is 1.19 bits per heavy atom. The van der Waals surface area contributed by atoms with Crippen molar-refractivity contribution in [1.29, 1.82) is 0 Å². The minimum atomic E-state index is -0.0975. The van der Waals surface area contributed by atoms with Gasteiger partial charge in [0.2, 0.25) is 5.91 Å². The molecule has 160 valence electrons. The number of carbonyl (C=O) groups is 2. The molecule has 8 nitrogen and oxygen atoms in total. The Bertz CT molecular complexity index is 1020. The minimum Gasteiger partial charge on any atom is -0.497 e. The van der Waals surface area contributed by atoms with Crippen molar-refractivity contribution in [2.75, 3.05) is 20.2 Å². The molecule has 0 atom stereocenters. The molecular formula is C23H25N5O3. The number of carbonyl (C=O) groups excluding carboxylic acids is 2. The lowest BCUT2D eigenvalue weighted by molar-refractivity contribution is -0.126. The van der Waals surface area contributed by atoms with Crippen molar-refractivity contribution < 1.29 is 14.3 Å². The molecular weight excluding hydrogens is 394 g/mol. The Balaban J connectivity index is 1.27. The maximum atomic E-state index is 12.8. The van der Waals surface area contributed by atoms with Gasteiger partial charge in [0.05, 0.1) is 12.8 Å². The van der Waals surface area contributed by atoms with Crippen molar-refractivity contribution in [2.45, 2.75) is 19.4 Å². The van der Waals surface area contributed by atoms with E-state index < -0.39 is 0 Å². The molecule has 2 amide bonds. The van der Waals surface area contributed by atoms with Gasteiger partial charge in [-0.3, -0.25) is 19.7 Å². The first kappa shape index (κ1) is 20.6. The number of aromatic nitrogens is 3. The van der Waals surface area contributed by atoms with Crippen LogP contribution >= 0.6 is 0 Å². The molecule has 8 heteroatoms. The summed E-state index contributed by atoms with van der Waals surface area (Å²) in [6.45, 7) is 1.56. The van der Waals surface area contributed by atoms with Gasteiger partial charge in [0.15, 0.2) is 0 Å². The van der Waals surface area contributed by atoms with Crippen LogP contribution in [0.1, 0.15) is 28.9 Å². The van der Waals surface area contributed by atoms with E-state index in [2.05, 4.69) is 20.5 Å². The molecule has 1 aromatic carbocycles. The third-order valence-electron chi connectivity index (χ3n) is 5.54. The van der Waals surface area contributed by atoms with Crippen LogP contribution in [0.2, 0.25) is 0 Å². The van der Waals surface area contributed by atoms with E-state index in [0.29, 0.717) is 43.9 Å². The molecule has 0 radical (unpaired) electrons. The molecule has 0 unspecified atom stereocenters. The van der Waals surface area contributed by atoms with Crippen LogP contribution in [0, 0.1) is 5.92 Å². The molecule has 0 spiro atoms. The zero-order valence-corrected chi connectivity index (χ0v) is 17.4. The van der Waals surface area contributed by atoms with E-state index >= 15 is 0 Å². The number of likely N-dealkylation sites (tertiary alicyclic amines) is 1. The zero-order valence-electron chi connectivity index (χ0n) is 17.4. The van der Waals surface area contributed by atoms with E-state index in [1.54, 1.807) is 30.5 Å². The molecule has 1 aliphatic rings. The summed E-state index contributed by atoms with van der Waals surface area (Å²) in [4.78, 5) is 31.2. The first-order valence-electron chi connectivity index (χ1n) is 10.3. The number of H-pyrrole nitrogens is 1. The number of nitrogens with zero attached hydrogens (tertiary/aromatic N) is 3. The van der Waals surface area contributed by atoms with Crippen LogP contribution in [-0.2, 0) is 11.3 Å². The van der Waals surface area contributed by atoms with Crippen LogP contribution in [0.15, 0.2) is 54.9 Å². The summed E-state index contributed by atoms with van der Waals surface area (Å²) in [6.07, 6.45) is 4.69. The van der Waals surface area contributed by atoms with E-state index in [0.717, 1.165) is 16.9 Å². The van der Waals surface area contributed by atoms with Gasteiger partial charge in [-0.2, -0.15) is 5.10 Å². The SMILES string of the molecule is COc1ccc(CNC(=O)C2CCN(C(=O)c3cc(-c4cccnc4)n[nH]3)CC2)cc1. The lowest BCUT2D eigenvalue weighted by atomic mass is 9.95. The van der Waals surface area contributed by atoms with Crippen molar-refractivity contribution in [3.05, 3.63) is 66.1 Å². The Kier molecular flexibility index (Phi) is 6.26. The maximum absolute atomic E-state index is 12.8. The highest BCUT2D eigenvalue weighted by atomic mass is 16.5. The van der Waals surface area contributed by atoms with Crippen LogP contribution in [0.4, 0.5) is 0 Å². The Morgan fingerprint density at radius 2 is 1.97 bits per heavy atom.